The minimum absolute atomic E-state index is 0.0331. The monoisotopic (exact) mass is 259 g/mol. The molecule has 2 rings (SSSR count). The van der Waals surface area contributed by atoms with Crippen LogP contribution in [0.25, 0.3) is 0 Å². The number of rotatable bonds is 3. The molecule has 2 heterocycles. The molecule has 1 unspecified atom stereocenters. The van der Waals surface area contributed by atoms with Gasteiger partial charge in [0.15, 0.2) is 0 Å². The van der Waals surface area contributed by atoms with Gasteiger partial charge in [0, 0.05) is 25.3 Å². The molecule has 96 valence electrons. The topological polar surface area (TPSA) is 95.7 Å². The third-order valence-corrected chi connectivity index (χ3v) is 4.72. The van der Waals surface area contributed by atoms with Gasteiger partial charge in [0.05, 0.1) is 17.5 Å². The predicted octanol–water partition coefficient (Wildman–Crippen LogP) is -1.51. The second-order valence-corrected chi connectivity index (χ2v) is 5.85. The zero-order valence-corrected chi connectivity index (χ0v) is 10.3. The number of nitrogens with zero attached hydrogens (tertiary/aromatic N) is 1. The molecule has 2 atom stereocenters. The van der Waals surface area contributed by atoms with Crippen molar-refractivity contribution in [1.29, 1.82) is 0 Å². The number of primary amides is 1. The molecule has 0 aliphatic carbocycles. The average Bonchev–Trinajstić information content (AvgIpc) is 2.88. The van der Waals surface area contributed by atoms with Gasteiger partial charge >= 0.3 is 0 Å². The van der Waals surface area contributed by atoms with Gasteiger partial charge in [-0.1, -0.05) is 0 Å². The number of amides is 2. The molecule has 2 aliphatic heterocycles. The van der Waals surface area contributed by atoms with Crippen LogP contribution in [0.4, 0.5) is 0 Å². The van der Waals surface area contributed by atoms with E-state index < -0.39 is 0 Å². The van der Waals surface area contributed by atoms with Crippen molar-refractivity contribution in [3.05, 3.63) is 0 Å². The third kappa shape index (κ3) is 2.56. The maximum atomic E-state index is 11.6. The summed E-state index contributed by atoms with van der Waals surface area (Å²) in [6, 6.07) is -0.298. The largest absolute Gasteiger partial charge is 0.396 e. The lowest BCUT2D eigenvalue weighted by molar-refractivity contribution is -0.130. The Morgan fingerprint density at radius 1 is 1.59 bits per heavy atom. The van der Waals surface area contributed by atoms with Crippen molar-refractivity contribution in [2.24, 2.45) is 5.73 Å². The highest BCUT2D eigenvalue weighted by molar-refractivity contribution is 8.01. The van der Waals surface area contributed by atoms with E-state index in [-0.39, 0.29) is 35.8 Å². The summed E-state index contributed by atoms with van der Waals surface area (Å²) in [6.07, 6.45) is 0.985. The first-order chi connectivity index (χ1) is 8.06. The Labute approximate surface area is 104 Å². The molecule has 6 nitrogen and oxygen atoms in total. The molecule has 1 spiro atoms. The van der Waals surface area contributed by atoms with E-state index >= 15 is 0 Å². The molecule has 0 aromatic carbocycles. The van der Waals surface area contributed by atoms with Crippen LogP contribution >= 0.6 is 11.8 Å². The Hall–Kier alpha value is -0.790. The van der Waals surface area contributed by atoms with Gasteiger partial charge in [-0.3, -0.25) is 14.9 Å². The normalized spacial score (nSPS) is 32.3. The Balaban J connectivity index is 1.93. The average molecular weight is 259 g/mol. The van der Waals surface area contributed by atoms with Gasteiger partial charge in [-0.25, -0.2) is 0 Å². The number of thioether (sulfide) groups is 1. The number of hydrogen-bond acceptors (Lipinski definition) is 5. The van der Waals surface area contributed by atoms with Crippen molar-refractivity contribution < 1.29 is 14.7 Å². The number of carbonyl (C=O) groups excluding carboxylic acids is 2. The van der Waals surface area contributed by atoms with Crippen LogP contribution in [0.5, 0.6) is 0 Å². The number of likely N-dealkylation sites (tertiary alicyclic amines) is 1. The van der Waals surface area contributed by atoms with Crippen molar-refractivity contribution in [2.45, 2.75) is 23.8 Å². The molecule has 0 aromatic heterocycles. The molecule has 2 fully saturated rings. The molecule has 2 aliphatic rings. The highest BCUT2D eigenvalue weighted by atomic mass is 32.2. The predicted molar refractivity (Wildman–Crippen MR) is 64.2 cm³/mol. The summed E-state index contributed by atoms with van der Waals surface area (Å²) < 4.78 is 0. The third-order valence-electron chi connectivity index (χ3n) is 3.22. The Morgan fingerprint density at radius 3 is 2.94 bits per heavy atom. The fraction of sp³-hybridized carbons (Fsp3) is 0.800. The summed E-state index contributed by atoms with van der Waals surface area (Å²) >= 11 is 1.66. The summed E-state index contributed by atoms with van der Waals surface area (Å²) in [4.78, 5) is 24.2. The maximum absolute atomic E-state index is 11.6. The summed E-state index contributed by atoms with van der Waals surface area (Å²) in [6.45, 7) is 1.14. The summed E-state index contributed by atoms with van der Waals surface area (Å²) in [7, 11) is 0. The van der Waals surface area contributed by atoms with Crippen molar-refractivity contribution >= 4 is 23.6 Å². The molecule has 7 heteroatoms. The van der Waals surface area contributed by atoms with Crippen LogP contribution in [0.15, 0.2) is 0 Å². The smallest absolute Gasteiger partial charge is 0.235 e. The van der Waals surface area contributed by atoms with Crippen molar-refractivity contribution in [3.63, 3.8) is 0 Å². The molecular weight excluding hydrogens is 242 g/mol. The standard InChI is InChI=1S/C10H17N3O3S/c11-9(16)7-5-17-10(12-7)2-3-13(6-10)8(15)1-4-14/h7,12,14H,1-6H2,(H2,11,16)/t7-,10?/m0/s1. The number of aliphatic hydroxyl groups excluding tert-OH is 1. The van der Waals surface area contributed by atoms with Crippen LogP contribution in [0.2, 0.25) is 0 Å². The quantitative estimate of drug-likeness (QED) is 0.572. The molecule has 0 bridgehead atoms. The zero-order valence-electron chi connectivity index (χ0n) is 9.52. The minimum Gasteiger partial charge on any atom is -0.396 e. The summed E-state index contributed by atoms with van der Waals surface area (Å²) in [5.74, 6) is 0.293. The number of aliphatic hydroxyl groups is 1. The lowest BCUT2D eigenvalue weighted by Crippen LogP contribution is -2.49. The molecule has 0 saturated carbocycles. The lowest BCUT2D eigenvalue weighted by atomic mass is 10.2. The molecule has 17 heavy (non-hydrogen) atoms. The first-order valence-corrected chi connectivity index (χ1v) is 6.64. The van der Waals surface area contributed by atoms with Gasteiger partial charge < -0.3 is 15.7 Å². The fourth-order valence-electron chi connectivity index (χ4n) is 2.28. The summed E-state index contributed by atoms with van der Waals surface area (Å²) in [5, 5.41) is 12.0. The van der Waals surface area contributed by atoms with Crippen LogP contribution in [0, 0.1) is 0 Å². The molecule has 4 N–H and O–H groups in total. The van der Waals surface area contributed by atoms with Crippen LogP contribution in [-0.4, -0.2) is 58.2 Å². The van der Waals surface area contributed by atoms with E-state index in [9.17, 15) is 9.59 Å². The number of nitrogens with two attached hydrogens (primary N) is 1. The van der Waals surface area contributed by atoms with Crippen molar-refractivity contribution in [2.75, 3.05) is 25.4 Å². The van der Waals surface area contributed by atoms with Gasteiger partial charge in [-0.2, -0.15) is 0 Å². The Morgan fingerprint density at radius 2 is 2.35 bits per heavy atom. The van der Waals surface area contributed by atoms with Crippen molar-refractivity contribution in [1.82, 2.24) is 10.2 Å². The van der Waals surface area contributed by atoms with Crippen molar-refractivity contribution in [3.8, 4) is 0 Å². The van der Waals surface area contributed by atoms with E-state index in [2.05, 4.69) is 5.32 Å². The second kappa shape index (κ2) is 4.83. The molecular formula is C10H17N3O3S. The highest BCUT2D eigenvalue weighted by Gasteiger charge is 2.46. The van der Waals surface area contributed by atoms with Gasteiger partial charge in [0.25, 0.3) is 0 Å². The fourth-order valence-corrected chi connectivity index (χ4v) is 3.72. The van der Waals surface area contributed by atoms with Crippen LogP contribution in [0.3, 0.4) is 0 Å². The first kappa shape index (κ1) is 12.7. The maximum Gasteiger partial charge on any atom is 0.235 e. The van der Waals surface area contributed by atoms with E-state index in [0.29, 0.717) is 18.8 Å². The highest BCUT2D eigenvalue weighted by Crippen LogP contribution is 2.38. The summed E-state index contributed by atoms with van der Waals surface area (Å²) in [5.41, 5.74) is 5.26. The van der Waals surface area contributed by atoms with E-state index in [1.54, 1.807) is 16.7 Å². The van der Waals surface area contributed by atoms with Crippen LogP contribution in [0.1, 0.15) is 12.8 Å². The zero-order chi connectivity index (χ0) is 12.5. The van der Waals surface area contributed by atoms with Gasteiger partial charge in [-0.15, -0.1) is 11.8 Å². The van der Waals surface area contributed by atoms with E-state index in [0.717, 1.165) is 6.42 Å². The molecule has 0 radical (unpaired) electrons. The number of nitrogens with one attached hydrogen (secondary N) is 1. The second-order valence-electron chi connectivity index (χ2n) is 4.44. The lowest BCUT2D eigenvalue weighted by Gasteiger charge is -2.24. The molecule has 2 saturated heterocycles. The van der Waals surface area contributed by atoms with E-state index in [1.165, 1.54) is 0 Å². The number of carbonyl (C=O) groups is 2. The minimum atomic E-state index is -0.338. The molecule has 2 amide bonds. The molecule has 0 aromatic rings. The van der Waals surface area contributed by atoms with Gasteiger partial charge in [0.1, 0.15) is 0 Å². The Bertz CT molecular complexity index is 339. The number of hydrogen-bond donors (Lipinski definition) is 3. The first-order valence-electron chi connectivity index (χ1n) is 5.66. The SMILES string of the molecule is NC(=O)[C@@H]1CSC2(CCN(C(=O)CCO)C2)N1. The van der Waals surface area contributed by atoms with E-state index in [1.807, 2.05) is 0 Å². The Kier molecular flexibility index (Phi) is 3.60. The van der Waals surface area contributed by atoms with Gasteiger partial charge in [-0.05, 0) is 6.42 Å². The van der Waals surface area contributed by atoms with Crippen LogP contribution in [-0.2, 0) is 9.59 Å². The van der Waals surface area contributed by atoms with Gasteiger partial charge in [0.2, 0.25) is 11.8 Å². The van der Waals surface area contributed by atoms with E-state index in [4.69, 9.17) is 10.8 Å². The van der Waals surface area contributed by atoms with Crippen LogP contribution < -0.4 is 11.1 Å².